The smallest absolute Gasteiger partial charge is 0.334 e. The Morgan fingerprint density at radius 2 is 1.16 bits per heavy atom. The van der Waals surface area contributed by atoms with Crippen LogP contribution in [0.15, 0.2) is 60.7 Å². The van der Waals surface area contributed by atoms with Gasteiger partial charge < -0.3 is 58.0 Å². The molecule has 18 nitrogen and oxygen atoms in total. The number of carbonyl (C=O) groups is 6. The molecule has 2 aromatic rings. The lowest BCUT2D eigenvalue weighted by Gasteiger charge is -2.50. The van der Waals surface area contributed by atoms with Gasteiger partial charge in [-0.3, -0.25) is 24.0 Å². The quantitative estimate of drug-likeness (QED) is 0.161. The molecule has 0 unspecified atom stereocenters. The van der Waals surface area contributed by atoms with Crippen molar-refractivity contribution in [3.05, 3.63) is 71.8 Å². The third-order valence-corrected chi connectivity index (χ3v) is 8.92. The minimum absolute atomic E-state index is 0.0414. The van der Waals surface area contributed by atoms with Gasteiger partial charge in [0, 0.05) is 34.6 Å². The van der Waals surface area contributed by atoms with E-state index >= 15 is 0 Å². The molecule has 0 spiro atoms. The van der Waals surface area contributed by atoms with Crippen molar-refractivity contribution in [2.75, 3.05) is 20.3 Å². The van der Waals surface area contributed by atoms with Crippen molar-refractivity contribution in [2.24, 2.45) is 0 Å². The largest absolute Gasteiger partial charge is 0.467 e. The van der Waals surface area contributed by atoms with E-state index in [0.717, 1.165) is 31.9 Å². The molecule has 4 rings (SSSR count). The van der Waals surface area contributed by atoms with Crippen LogP contribution in [0.5, 0.6) is 0 Å². The molecule has 2 heterocycles. The fourth-order valence-corrected chi connectivity index (χ4v) is 6.53. The molecule has 11 atom stereocenters. The number of carbonyl (C=O) groups excluding carboxylic acids is 6. The van der Waals surface area contributed by atoms with Crippen LogP contribution < -0.4 is 10.6 Å². The summed E-state index contributed by atoms with van der Waals surface area (Å²) in [7, 11) is 1.18. The van der Waals surface area contributed by atoms with E-state index in [1.807, 2.05) is 60.7 Å². The molecule has 2 aliphatic heterocycles. The average molecular weight is 817 g/mol. The lowest BCUT2D eigenvalue weighted by Crippen LogP contribution is -2.70. The second kappa shape index (κ2) is 22.2. The monoisotopic (exact) mass is 816 g/mol. The molecule has 2 aliphatic rings. The molecule has 2 N–H and O–H groups in total. The highest BCUT2D eigenvalue weighted by atomic mass is 16.7. The minimum Gasteiger partial charge on any atom is -0.467 e. The summed E-state index contributed by atoms with van der Waals surface area (Å²) < 4.78 is 59.8. The third-order valence-electron chi connectivity index (χ3n) is 8.92. The Kier molecular flexibility index (Phi) is 17.5. The van der Waals surface area contributed by atoms with Gasteiger partial charge in [0.25, 0.3) is 0 Å². The van der Waals surface area contributed by atoms with E-state index < -0.39 is 110 Å². The Bertz CT molecular complexity index is 1680. The number of esters is 4. The Hall–Kier alpha value is -4.98. The highest BCUT2D eigenvalue weighted by Crippen LogP contribution is 2.34. The first kappa shape index (κ1) is 45.7. The van der Waals surface area contributed by atoms with Gasteiger partial charge in [0.05, 0.1) is 26.9 Å². The highest BCUT2D eigenvalue weighted by Gasteiger charge is 2.56. The van der Waals surface area contributed by atoms with Crippen molar-refractivity contribution in [1.29, 1.82) is 0 Å². The zero-order chi connectivity index (χ0) is 42.4. The predicted octanol–water partition coefficient (Wildman–Crippen LogP) is 1.64. The lowest BCUT2D eigenvalue weighted by atomic mass is 9.93. The molecule has 58 heavy (non-hydrogen) atoms. The molecular weight excluding hydrogens is 764 g/mol. The summed E-state index contributed by atoms with van der Waals surface area (Å²) in [6, 6.07) is 15.9. The van der Waals surface area contributed by atoms with Gasteiger partial charge in [-0.05, 0) is 18.1 Å². The van der Waals surface area contributed by atoms with E-state index in [1.165, 1.54) is 27.9 Å². The van der Waals surface area contributed by atoms with Crippen LogP contribution in [0.3, 0.4) is 0 Å². The second-order valence-electron chi connectivity index (χ2n) is 13.7. The number of hydrogen-bond acceptors (Lipinski definition) is 16. The maximum atomic E-state index is 12.9. The van der Waals surface area contributed by atoms with E-state index in [1.54, 1.807) is 0 Å². The van der Waals surface area contributed by atoms with Crippen molar-refractivity contribution < 1.29 is 76.1 Å². The van der Waals surface area contributed by atoms with E-state index in [9.17, 15) is 28.8 Å². The molecular formula is C40H52N2O16. The van der Waals surface area contributed by atoms with Crippen molar-refractivity contribution >= 4 is 35.7 Å². The number of hydrogen-bond donors (Lipinski definition) is 2. The van der Waals surface area contributed by atoms with Gasteiger partial charge in [0.15, 0.2) is 30.9 Å². The topological polar surface area (TPSA) is 219 Å². The second-order valence-corrected chi connectivity index (χ2v) is 13.7. The Morgan fingerprint density at radius 3 is 1.69 bits per heavy atom. The van der Waals surface area contributed by atoms with E-state index in [-0.39, 0.29) is 19.8 Å². The molecule has 2 fully saturated rings. The van der Waals surface area contributed by atoms with E-state index in [2.05, 4.69) is 10.6 Å². The van der Waals surface area contributed by atoms with Gasteiger partial charge in [0.2, 0.25) is 11.8 Å². The SMILES string of the molecule is COC(=O)[C@@H](C)O[C@@H]1[C@@H](NC(C)=O)[C@@H](OCc2ccccc2)O[C@H](COCc2ccccc2)[C@H]1O[C@H]1O[C@@H](COC(C)=O)[C@H](OC(C)=O)[C@@H](OC(C)=O)[C@@H]1NC(C)=O. The molecule has 2 saturated heterocycles. The Morgan fingerprint density at radius 1 is 0.638 bits per heavy atom. The van der Waals surface area contributed by atoms with E-state index in [4.69, 9.17) is 47.4 Å². The van der Waals surface area contributed by atoms with Gasteiger partial charge >= 0.3 is 23.9 Å². The van der Waals surface area contributed by atoms with Crippen LogP contribution in [0, 0.1) is 0 Å². The van der Waals surface area contributed by atoms with Crippen LogP contribution in [0.4, 0.5) is 0 Å². The van der Waals surface area contributed by atoms with Crippen LogP contribution in [-0.4, -0.2) is 123 Å². The summed E-state index contributed by atoms with van der Waals surface area (Å²) in [6.45, 7) is 6.81. The fraction of sp³-hybridized carbons (Fsp3) is 0.550. The summed E-state index contributed by atoms with van der Waals surface area (Å²) in [5, 5.41) is 5.49. The first-order chi connectivity index (χ1) is 27.7. The van der Waals surface area contributed by atoms with Crippen LogP contribution >= 0.6 is 0 Å². The van der Waals surface area contributed by atoms with Crippen LogP contribution in [0.2, 0.25) is 0 Å². The first-order valence-corrected chi connectivity index (χ1v) is 18.7. The zero-order valence-electron chi connectivity index (χ0n) is 33.5. The highest BCUT2D eigenvalue weighted by molar-refractivity contribution is 5.75. The normalized spacial score (nSPS) is 27.3. The molecule has 0 aromatic heterocycles. The standard InChI is InChI=1S/C40H52N2O16/c1-22(38(48)49-7)53-36-32(41-23(2)43)39(52-19-29-16-12-9-13-17-29)56-30(20-50-18-28-14-10-8-11-15-28)35(36)58-40-33(42-24(3)44)37(55-27(6)47)34(54-26(5)46)31(57-40)21-51-25(4)45/h8-17,22,30-37,39-40H,18-21H2,1-7H3,(H,41,43)(H,42,44)/t22-,30-,31+,32-,33+,34+,35-,36-,37+,39+,40-/m1/s1. The predicted molar refractivity (Wildman–Crippen MR) is 199 cm³/mol. The summed E-state index contributed by atoms with van der Waals surface area (Å²) in [6.07, 6.45) is -12.0. The number of rotatable bonds is 18. The summed E-state index contributed by atoms with van der Waals surface area (Å²) in [4.78, 5) is 75.3. The maximum Gasteiger partial charge on any atom is 0.334 e. The van der Waals surface area contributed by atoms with Crippen molar-refractivity contribution in [3.8, 4) is 0 Å². The van der Waals surface area contributed by atoms with Crippen LogP contribution in [0.1, 0.15) is 52.7 Å². The fourth-order valence-electron chi connectivity index (χ4n) is 6.53. The molecule has 0 aliphatic carbocycles. The van der Waals surface area contributed by atoms with E-state index in [0.29, 0.717) is 0 Å². The molecule has 18 heteroatoms. The van der Waals surface area contributed by atoms with Crippen molar-refractivity contribution in [1.82, 2.24) is 10.6 Å². The minimum atomic E-state index is -1.59. The first-order valence-electron chi connectivity index (χ1n) is 18.7. The van der Waals surface area contributed by atoms with Crippen molar-refractivity contribution in [3.63, 3.8) is 0 Å². The Balaban J connectivity index is 1.84. The molecule has 318 valence electrons. The number of methoxy groups -OCH3 is 1. The Labute approximate surface area is 336 Å². The van der Waals surface area contributed by atoms with Crippen molar-refractivity contribution in [2.45, 2.75) is 122 Å². The van der Waals surface area contributed by atoms with Crippen LogP contribution in [0.25, 0.3) is 0 Å². The third kappa shape index (κ3) is 13.6. The summed E-state index contributed by atoms with van der Waals surface area (Å²) >= 11 is 0. The molecule has 0 radical (unpaired) electrons. The summed E-state index contributed by atoms with van der Waals surface area (Å²) in [5.74, 6) is -4.17. The van der Waals surface area contributed by atoms with Gasteiger partial charge in [-0.15, -0.1) is 0 Å². The van der Waals surface area contributed by atoms with Gasteiger partial charge in [-0.25, -0.2) is 4.79 Å². The maximum absolute atomic E-state index is 12.9. The molecule has 2 amide bonds. The van der Waals surface area contributed by atoms with Gasteiger partial charge in [0.1, 0.15) is 43.1 Å². The number of amides is 2. The molecule has 0 saturated carbocycles. The molecule has 2 aromatic carbocycles. The van der Waals surface area contributed by atoms with Gasteiger partial charge in [-0.2, -0.15) is 0 Å². The number of nitrogens with one attached hydrogen (secondary N) is 2. The molecule has 0 bridgehead atoms. The lowest BCUT2D eigenvalue weighted by molar-refractivity contribution is -0.341. The zero-order valence-corrected chi connectivity index (χ0v) is 33.5. The van der Waals surface area contributed by atoms with Gasteiger partial charge in [-0.1, -0.05) is 60.7 Å². The number of benzene rings is 2. The average Bonchev–Trinajstić information content (AvgIpc) is 3.17. The number of ether oxygens (including phenoxy) is 10. The van der Waals surface area contributed by atoms with Crippen LogP contribution in [-0.2, 0) is 89.3 Å². The summed E-state index contributed by atoms with van der Waals surface area (Å²) in [5.41, 5.74) is 1.63.